The van der Waals surface area contributed by atoms with E-state index in [4.69, 9.17) is 0 Å². The first-order chi connectivity index (χ1) is 14.5. The van der Waals surface area contributed by atoms with Crippen LogP contribution < -0.4 is 4.90 Å². The molecule has 0 spiro atoms. The second kappa shape index (κ2) is 9.10. The standard InChI is InChI=1S/C22H29B2N3O2S/c1-23(28)26-14-12-25(13-15-26)20-11-7-10-18-19(16-17-8-5-4-6-9-17)22(30-3)27(21(18)20)24(2)29/h4-11,28-29H,12-16H2,1-3H3. The summed E-state index contributed by atoms with van der Waals surface area (Å²) in [5.74, 6) is 0. The van der Waals surface area contributed by atoms with Crippen molar-refractivity contribution in [2.24, 2.45) is 0 Å². The summed E-state index contributed by atoms with van der Waals surface area (Å²) in [6.45, 7) is 7.05. The first-order valence-corrected chi connectivity index (χ1v) is 11.8. The first kappa shape index (κ1) is 21.4. The number of piperazine rings is 1. The molecule has 0 radical (unpaired) electrons. The normalized spacial score (nSPS) is 15.0. The molecule has 0 saturated carbocycles. The van der Waals surface area contributed by atoms with Gasteiger partial charge in [-0.1, -0.05) is 42.5 Å². The van der Waals surface area contributed by atoms with Gasteiger partial charge in [0.15, 0.2) is 0 Å². The zero-order valence-electron chi connectivity index (χ0n) is 18.0. The Kier molecular flexibility index (Phi) is 6.48. The number of anilines is 1. The molecule has 0 unspecified atom stereocenters. The third kappa shape index (κ3) is 4.02. The van der Waals surface area contributed by atoms with Crippen LogP contribution in [0.3, 0.4) is 0 Å². The lowest BCUT2D eigenvalue weighted by Crippen LogP contribution is -2.51. The van der Waals surface area contributed by atoms with Crippen LogP contribution in [0, 0.1) is 0 Å². The van der Waals surface area contributed by atoms with Gasteiger partial charge in [0.1, 0.15) is 0 Å². The van der Waals surface area contributed by atoms with Crippen LogP contribution >= 0.6 is 11.8 Å². The highest BCUT2D eigenvalue weighted by molar-refractivity contribution is 7.98. The summed E-state index contributed by atoms with van der Waals surface area (Å²) in [5.41, 5.74) is 4.81. The molecule has 0 atom stereocenters. The van der Waals surface area contributed by atoms with Crippen LogP contribution in [0.4, 0.5) is 5.69 Å². The van der Waals surface area contributed by atoms with Crippen LogP contribution in [0.25, 0.3) is 10.9 Å². The summed E-state index contributed by atoms with van der Waals surface area (Å²) in [5, 5.41) is 23.0. The van der Waals surface area contributed by atoms with Crippen LogP contribution in [0.2, 0.25) is 13.6 Å². The van der Waals surface area contributed by atoms with Crippen molar-refractivity contribution in [1.82, 2.24) is 9.29 Å². The highest BCUT2D eigenvalue weighted by Crippen LogP contribution is 2.39. The Bertz CT molecular complexity index is 1000. The molecule has 1 aliphatic rings. The molecule has 0 bridgehead atoms. The van der Waals surface area contributed by atoms with Crippen molar-refractivity contribution in [1.29, 1.82) is 0 Å². The van der Waals surface area contributed by atoms with Gasteiger partial charge < -0.3 is 24.2 Å². The zero-order valence-corrected chi connectivity index (χ0v) is 18.8. The van der Waals surface area contributed by atoms with Crippen molar-refractivity contribution in [3.8, 4) is 0 Å². The SMILES string of the molecule is CSc1c(Cc2ccccc2)c2cccc(N3CCN(B(C)O)CC3)c2n1B(C)O. The molecule has 30 heavy (non-hydrogen) atoms. The average Bonchev–Trinajstić information content (AvgIpc) is 3.08. The van der Waals surface area contributed by atoms with E-state index >= 15 is 0 Å². The lowest BCUT2D eigenvalue weighted by molar-refractivity contribution is 0.345. The minimum absolute atomic E-state index is 0.412. The van der Waals surface area contributed by atoms with Crippen LogP contribution in [0.1, 0.15) is 11.1 Å². The van der Waals surface area contributed by atoms with Gasteiger partial charge in [0.05, 0.1) is 16.2 Å². The van der Waals surface area contributed by atoms with E-state index in [-0.39, 0.29) is 0 Å². The van der Waals surface area contributed by atoms with Gasteiger partial charge in [0.25, 0.3) is 0 Å². The van der Waals surface area contributed by atoms with Gasteiger partial charge in [-0.15, -0.1) is 11.8 Å². The first-order valence-electron chi connectivity index (χ1n) is 10.6. The molecule has 8 heteroatoms. The van der Waals surface area contributed by atoms with E-state index < -0.39 is 14.1 Å². The Morgan fingerprint density at radius 2 is 1.60 bits per heavy atom. The number of fused-ring (bicyclic) bond motifs is 1. The van der Waals surface area contributed by atoms with E-state index in [0.717, 1.165) is 48.8 Å². The average molecular weight is 421 g/mol. The van der Waals surface area contributed by atoms with Gasteiger partial charge in [-0.05, 0) is 37.1 Å². The third-order valence-electron chi connectivity index (χ3n) is 6.03. The minimum atomic E-state index is -0.612. The van der Waals surface area contributed by atoms with Crippen LogP contribution in [-0.4, -0.2) is 65.9 Å². The van der Waals surface area contributed by atoms with Crippen molar-refractivity contribution < 1.29 is 10.0 Å². The number of hydrogen-bond donors (Lipinski definition) is 2. The number of aromatic nitrogens is 1. The summed E-state index contributed by atoms with van der Waals surface area (Å²) in [7, 11) is -1.02. The lowest BCUT2D eigenvalue weighted by atomic mass is 9.84. The molecule has 4 rings (SSSR count). The van der Waals surface area contributed by atoms with Gasteiger partial charge in [0, 0.05) is 38.0 Å². The number of rotatable bonds is 6. The molecule has 2 N–H and O–H groups in total. The van der Waals surface area contributed by atoms with E-state index in [1.807, 2.05) is 19.7 Å². The quantitative estimate of drug-likeness (QED) is 0.473. The van der Waals surface area contributed by atoms with E-state index in [1.165, 1.54) is 16.5 Å². The number of thioether (sulfide) groups is 1. The third-order valence-corrected chi connectivity index (χ3v) is 6.86. The Hall–Kier alpha value is -1.86. The van der Waals surface area contributed by atoms with Gasteiger partial charge in [0.2, 0.25) is 0 Å². The molecule has 156 valence electrons. The summed E-state index contributed by atoms with van der Waals surface area (Å²) in [6, 6.07) is 17.0. The van der Waals surface area contributed by atoms with Crippen LogP contribution in [-0.2, 0) is 6.42 Å². The molecular formula is C22H29B2N3O2S. The van der Waals surface area contributed by atoms with Crippen molar-refractivity contribution in [2.45, 2.75) is 25.1 Å². The highest BCUT2D eigenvalue weighted by Gasteiger charge is 2.28. The molecule has 1 aromatic heterocycles. The Labute approximate surface area is 183 Å². The molecule has 5 nitrogen and oxygen atoms in total. The fourth-order valence-corrected chi connectivity index (χ4v) is 5.40. The summed E-state index contributed by atoms with van der Waals surface area (Å²) in [6.07, 6.45) is 2.93. The molecule has 3 aromatic rings. The van der Waals surface area contributed by atoms with Crippen molar-refractivity contribution in [3.63, 3.8) is 0 Å². The monoisotopic (exact) mass is 421 g/mol. The highest BCUT2D eigenvalue weighted by atomic mass is 32.2. The molecule has 1 fully saturated rings. The largest absolute Gasteiger partial charge is 0.437 e. The topological polar surface area (TPSA) is 51.9 Å². The predicted molar refractivity (Wildman–Crippen MR) is 130 cm³/mol. The Morgan fingerprint density at radius 1 is 0.900 bits per heavy atom. The van der Waals surface area contributed by atoms with Crippen LogP contribution in [0.15, 0.2) is 53.6 Å². The molecule has 2 aromatic carbocycles. The summed E-state index contributed by atoms with van der Waals surface area (Å²) >= 11 is 1.70. The maximum Gasteiger partial charge on any atom is 0.414 e. The lowest BCUT2D eigenvalue weighted by Gasteiger charge is -2.37. The minimum Gasteiger partial charge on any atom is -0.437 e. The maximum absolute atomic E-state index is 10.7. The van der Waals surface area contributed by atoms with Crippen molar-refractivity contribution in [3.05, 3.63) is 59.7 Å². The van der Waals surface area contributed by atoms with E-state index in [9.17, 15) is 10.0 Å². The summed E-state index contributed by atoms with van der Waals surface area (Å²) < 4.78 is 2.09. The molecule has 0 aliphatic carbocycles. The molecule has 1 aliphatic heterocycles. The number of para-hydroxylation sites is 1. The van der Waals surface area contributed by atoms with Gasteiger partial charge >= 0.3 is 14.1 Å². The molecule has 0 amide bonds. The zero-order chi connectivity index (χ0) is 21.3. The molecule has 1 saturated heterocycles. The van der Waals surface area contributed by atoms with Crippen LogP contribution in [0.5, 0.6) is 0 Å². The maximum atomic E-state index is 10.7. The number of nitrogens with zero attached hydrogens (tertiary/aromatic N) is 3. The molecule has 2 heterocycles. The summed E-state index contributed by atoms with van der Waals surface area (Å²) in [4.78, 5) is 4.48. The van der Waals surface area contributed by atoms with Crippen molar-refractivity contribution in [2.75, 3.05) is 37.3 Å². The second-order valence-corrected chi connectivity index (χ2v) is 8.78. The Morgan fingerprint density at radius 3 is 2.20 bits per heavy atom. The van der Waals surface area contributed by atoms with E-state index in [1.54, 1.807) is 11.8 Å². The van der Waals surface area contributed by atoms with E-state index in [0.29, 0.717) is 0 Å². The van der Waals surface area contributed by atoms with Gasteiger partial charge in [-0.25, -0.2) is 0 Å². The fourth-order valence-electron chi connectivity index (χ4n) is 4.53. The smallest absolute Gasteiger partial charge is 0.414 e. The molecular weight excluding hydrogens is 392 g/mol. The number of hydrogen-bond acceptors (Lipinski definition) is 5. The van der Waals surface area contributed by atoms with E-state index in [2.05, 4.69) is 62.9 Å². The fraction of sp³-hybridized carbons (Fsp3) is 0.364. The Balaban J connectivity index is 1.82. The predicted octanol–water partition coefficient (Wildman–Crippen LogP) is 3.14. The van der Waals surface area contributed by atoms with Gasteiger partial charge in [-0.3, -0.25) is 0 Å². The van der Waals surface area contributed by atoms with Gasteiger partial charge in [-0.2, -0.15) is 0 Å². The second-order valence-electron chi connectivity index (χ2n) is 7.98. The van der Waals surface area contributed by atoms with Crippen molar-refractivity contribution >= 4 is 42.5 Å². The number of benzene rings is 2.